The van der Waals surface area contributed by atoms with Crippen molar-refractivity contribution in [3.63, 3.8) is 0 Å². The smallest absolute Gasteiger partial charge is 0.306 e. The van der Waals surface area contributed by atoms with Crippen molar-refractivity contribution in [3.05, 3.63) is 48.6 Å². The van der Waals surface area contributed by atoms with E-state index in [0.29, 0.717) is 17.4 Å². The summed E-state index contributed by atoms with van der Waals surface area (Å²) in [6.07, 6.45) is 42.9. The molecule has 0 saturated carbocycles. The van der Waals surface area contributed by atoms with Gasteiger partial charge in [0.25, 0.3) is 0 Å². The van der Waals surface area contributed by atoms with Crippen LogP contribution in [-0.4, -0.2) is 82.3 Å². The first-order valence-corrected chi connectivity index (χ1v) is 22.8. The Kier molecular flexibility index (Phi) is 38.1. The molecule has 9 nitrogen and oxygen atoms in total. The average molecular weight is 804 g/mol. The molecule has 0 N–H and O–H groups in total. The summed E-state index contributed by atoms with van der Waals surface area (Å²) in [4.78, 5) is 37.0. The summed E-state index contributed by atoms with van der Waals surface area (Å²) in [5.41, 5.74) is 0. The molecule has 0 fully saturated rings. The van der Waals surface area contributed by atoms with Crippen LogP contribution in [0, 0.1) is 0 Å². The minimum absolute atomic E-state index is 0.139. The zero-order chi connectivity index (χ0) is 42.1. The minimum Gasteiger partial charge on any atom is -0.545 e. The van der Waals surface area contributed by atoms with E-state index in [0.717, 1.165) is 57.8 Å². The van der Waals surface area contributed by atoms with E-state index in [1.807, 2.05) is 21.1 Å². The minimum atomic E-state index is -1.63. The monoisotopic (exact) mass is 804 g/mol. The summed E-state index contributed by atoms with van der Waals surface area (Å²) in [5.74, 6) is -2.34. The molecule has 0 spiro atoms. The molecule has 2 atom stereocenters. The number of quaternary nitrogens is 1. The van der Waals surface area contributed by atoms with Crippen LogP contribution >= 0.6 is 0 Å². The molecule has 57 heavy (non-hydrogen) atoms. The van der Waals surface area contributed by atoms with Crippen LogP contribution in [0.1, 0.15) is 181 Å². The molecule has 0 aliphatic rings. The molecule has 0 aromatic carbocycles. The van der Waals surface area contributed by atoms with Gasteiger partial charge in [0.15, 0.2) is 12.4 Å². The topological polar surface area (TPSA) is 111 Å². The summed E-state index contributed by atoms with van der Waals surface area (Å²) in [6, 6.07) is 0. The third-order valence-electron chi connectivity index (χ3n) is 9.59. The fourth-order valence-electron chi connectivity index (χ4n) is 6.05. The van der Waals surface area contributed by atoms with E-state index in [-0.39, 0.29) is 38.6 Å². The van der Waals surface area contributed by atoms with Crippen molar-refractivity contribution in [2.24, 2.45) is 0 Å². The Morgan fingerprint density at radius 1 is 0.544 bits per heavy atom. The predicted octanol–water partition coefficient (Wildman–Crippen LogP) is 10.7. The number of hydrogen-bond acceptors (Lipinski definition) is 8. The summed E-state index contributed by atoms with van der Waals surface area (Å²) in [7, 11) is 5.89. The Balaban J connectivity index is 4.47. The highest BCUT2D eigenvalue weighted by atomic mass is 16.7. The second-order valence-electron chi connectivity index (χ2n) is 16.3. The van der Waals surface area contributed by atoms with Gasteiger partial charge in [-0.05, 0) is 51.4 Å². The van der Waals surface area contributed by atoms with E-state index in [4.69, 9.17) is 18.9 Å². The molecular formula is C48H85NO8. The zero-order valence-electron chi connectivity index (χ0n) is 37.2. The van der Waals surface area contributed by atoms with Gasteiger partial charge in [0.05, 0.1) is 40.3 Å². The molecule has 0 heterocycles. The lowest BCUT2D eigenvalue weighted by Gasteiger charge is -2.26. The molecule has 0 aromatic heterocycles. The Morgan fingerprint density at radius 3 is 1.49 bits per heavy atom. The van der Waals surface area contributed by atoms with Gasteiger partial charge in [-0.1, -0.05) is 165 Å². The first-order chi connectivity index (χ1) is 27.6. The van der Waals surface area contributed by atoms with Crippen molar-refractivity contribution in [3.8, 4) is 0 Å². The maximum Gasteiger partial charge on any atom is 0.306 e. The van der Waals surface area contributed by atoms with Crippen LogP contribution in [0.15, 0.2) is 48.6 Å². The third kappa shape index (κ3) is 41.2. The molecule has 0 amide bonds. The number of likely N-dealkylation sites (N-methyl/N-ethyl adjacent to an activating group) is 1. The van der Waals surface area contributed by atoms with Crippen LogP contribution in [0.5, 0.6) is 0 Å². The Labute approximate surface area is 349 Å². The number of rotatable bonds is 41. The highest BCUT2D eigenvalue weighted by Crippen LogP contribution is 2.15. The normalized spacial score (nSPS) is 13.4. The first kappa shape index (κ1) is 54.2. The second-order valence-corrected chi connectivity index (χ2v) is 16.3. The molecule has 0 aromatic rings. The van der Waals surface area contributed by atoms with Gasteiger partial charge >= 0.3 is 11.9 Å². The lowest BCUT2D eigenvalue weighted by molar-refractivity contribution is -0.870. The van der Waals surface area contributed by atoms with Gasteiger partial charge in [-0.15, -0.1) is 0 Å². The van der Waals surface area contributed by atoms with Gasteiger partial charge in [-0.3, -0.25) is 9.59 Å². The first-order valence-electron chi connectivity index (χ1n) is 22.8. The van der Waals surface area contributed by atoms with Crippen LogP contribution in [0.25, 0.3) is 0 Å². The maximum absolute atomic E-state index is 12.7. The second kappa shape index (κ2) is 40.0. The Bertz CT molecular complexity index is 1080. The number of carboxylic acids is 1. The molecule has 0 aliphatic carbocycles. The number of carboxylic acid groups (broad SMARTS) is 1. The van der Waals surface area contributed by atoms with Crippen molar-refractivity contribution < 1.29 is 42.9 Å². The van der Waals surface area contributed by atoms with Crippen LogP contribution in [0.2, 0.25) is 0 Å². The lowest BCUT2D eigenvalue weighted by atomic mass is 10.0. The van der Waals surface area contributed by atoms with Crippen LogP contribution < -0.4 is 5.11 Å². The van der Waals surface area contributed by atoms with Crippen LogP contribution in [0.3, 0.4) is 0 Å². The average Bonchev–Trinajstić information content (AvgIpc) is 3.17. The van der Waals surface area contributed by atoms with Crippen molar-refractivity contribution in [2.75, 3.05) is 47.5 Å². The van der Waals surface area contributed by atoms with Gasteiger partial charge in [0.1, 0.15) is 13.2 Å². The zero-order valence-corrected chi connectivity index (χ0v) is 37.2. The Morgan fingerprint density at radius 2 is 1.00 bits per heavy atom. The molecule has 330 valence electrons. The van der Waals surface area contributed by atoms with E-state index >= 15 is 0 Å². The number of aliphatic carboxylic acids is 1. The maximum atomic E-state index is 12.7. The molecule has 0 aliphatic heterocycles. The van der Waals surface area contributed by atoms with Crippen LogP contribution in [0.4, 0.5) is 0 Å². The molecule has 9 heteroatoms. The molecule has 0 saturated heterocycles. The number of carbonyl (C=O) groups excluding carboxylic acids is 3. The number of nitrogens with zero attached hydrogens (tertiary/aromatic N) is 1. The molecule has 0 rings (SSSR count). The standard InChI is InChI=1S/C48H85NO8/c1-6-8-10-12-14-16-18-20-22-23-25-26-28-30-32-34-36-38-45(50)55-42-44(43-56-48(47(52)53)54-41-40-49(3,4)5)57-46(51)39-37-35-33-31-29-27-24-21-19-17-15-13-11-9-7-2/h9,11,15,17,21,24,29,31,44,48H,6-8,10,12-14,16,18-20,22-23,25-28,30,32-43H2,1-5H3/b11-9-,17-15-,24-21-,31-29-. The van der Waals surface area contributed by atoms with Crippen LogP contribution in [-0.2, 0) is 33.3 Å². The van der Waals surface area contributed by atoms with E-state index < -0.39 is 24.3 Å². The van der Waals surface area contributed by atoms with Gasteiger partial charge in [0.2, 0.25) is 0 Å². The van der Waals surface area contributed by atoms with Gasteiger partial charge < -0.3 is 33.3 Å². The third-order valence-corrected chi connectivity index (χ3v) is 9.59. The Hall–Kier alpha value is -2.75. The summed E-state index contributed by atoms with van der Waals surface area (Å²) in [5, 5.41) is 11.7. The van der Waals surface area contributed by atoms with Crippen molar-refractivity contribution >= 4 is 17.9 Å². The summed E-state index contributed by atoms with van der Waals surface area (Å²) in [6.45, 7) is 4.58. The van der Waals surface area contributed by atoms with E-state index in [1.165, 1.54) is 89.9 Å². The number of allylic oxidation sites excluding steroid dienone is 8. The molecule has 2 unspecified atom stereocenters. The SMILES string of the molecule is CC/C=C\C/C=C\C/C=C\C/C=C\CCCCC(=O)OC(COC(=O)CCCCCCCCCCCCCCCCCCC)COC(OCC[N+](C)(C)C)C(=O)[O-]. The predicted molar refractivity (Wildman–Crippen MR) is 232 cm³/mol. The van der Waals surface area contributed by atoms with E-state index in [9.17, 15) is 19.5 Å². The fraction of sp³-hybridized carbons (Fsp3) is 0.771. The number of esters is 2. The highest BCUT2D eigenvalue weighted by Gasteiger charge is 2.21. The number of carbonyl (C=O) groups is 3. The lowest BCUT2D eigenvalue weighted by Crippen LogP contribution is -2.44. The van der Waals surface area contributed by atoms with E-state index in [1.54, 1.807) is 0 Å². The van der Waals surface area contributed by atoms with Gasteiger partial charge in [0, 0.05) is 12.8 Å². The number of ether oxygens (including phenoxy) is 4. The fourth-order valence-corrected chi connectivity index (χ4v) is 6.05. The largest absolute Gasteiger partial charge is 0.545 e. The van der Waals surface area contributed by atoms with Crippen molar-refractivity contribution in [1.82, 2.24) is 0 Å². The quantitative estimate of drug-likeness (QED) is 0.0197. The summed E-state index contributed by atoms with van der Waals surface area (Å²) >= 11 is 0. The van der Waals surface area contributed by atoms with Crippen molar-refractivity contribution in [1.29, 1.82) is 0 Å². The van der Waals surface area contributed by atoms with Gasteiger partial charge in [-0.25, -0.2) is 0 Å². The number of hydrogen-bond donors (Lipinski definition) is 0. The highest BCUT2D eigenvalue weighted by molar-refractivity contribution is 5.70. The van der Waals surface area contributed by atoms with Gasteiger partial charge in [-0.2, -0.15) is 0 Å². The van der Waals surface area contributed by atoms with E-state index in [2.05, 4.69) is 62.5 Å². The number of unbranched alkanes of at least 4 members (excludes halogenated alkanes) is 18. The molecule has 0 bridgehead atoms. The summed E-state index contributed by atoms with van der Waals surface area (Å²) < 4.78 is 22.5. The molecule has 0 radical (unpaired) electrons. The molecular weight excluding hydrogens is 719 g/mol. The van der Waals surface area contributed by atoms with Crippen molar-refractivity contribution in [2.45, 2.75) is 193 Å².